The molecule has 10 heteroatoms. The minimum absolute atomic E-state index is 0.0244. The topological polar surface area (TPSA) is 133 Å². The van der Waals surface area contributed by atoms with Gasteiger partial charge in [-0.1, -0.05) is 0 Å². The van der Waals surface area contributed by atoms with Gasteiger partial charge in [0.25, 0.3) is 0 Å². The van der Waals surface area contributed by atoms with Gasteiger partial charge in [-0.05, 0) is 51.8 Å². The molecule has 3 aromatic rings. The van der Waals surface area contributed by atoms with Gasteiger partial charge >= 0.3 is 0 Å². The van der Waals surface area contributed by atoms with E-state index in [9.17, 15) is 14.3 Å². The molecule has 9 nitrogen and oxygen atoms in total. The number of aliphatic hydroxyl groups is 1. The second-order valence-corrected chi connectivity index (χ2v) is 8.96. The van der Waals surface area contributed by atoms with E-state index in [2.05, 4.69) is 25.6 Å². The van der Waals surface area contributed by atoms with Crippen LogP contribution < -0.4 is 15.4 Å². The van der Waals surface area contributed by atoms with Crippen LogP contribution in [0.25, 0.3) is 0 Å². The normalized spacial score (nSPS) is 13.3. The fraction of sp³-hybridized carbons (Fsp3) is 0.320. The van der Waals surface area contributed by atoms with E-state index in [0.29, 0.717) is 39.9 Å². The van der Waals surface area contributed by atoms with E-state index in [0.717, 1.165) is 12.8 Å². The number of ether oxygens (including phenoxy) is 1. The molecule has 0 spiro atoms. The number of hydrogen-bond acceptors (Lipinski definition) is 9. The van der Waals surface area contributed by atoms with Crippen LogP contribution in [-0.2, 0) is 5.60 Å². The SMILES string of the molecule is COc1c(C(C)=N)ccnc1Nc1cc(Nc2ccc(C(C)(C)O)c(F)n2)ncc1C(=O)C1CC1. The van der Waals surface area contributed by atoms with Crippen LogP contribution in [0.1, 0.15) is 55.1 Å². The van der Waals surface area contributed by atoms with Crippen molar-refractivity contribution in [2.75, 3.05) is 17.7 Å². The summed E-state index contributed by atoms with van der Waals surface area (Å²) in [6.45, 7) is 4.60. The summed E-state index contributed by atoms with van der Waals surface area (Å²) in [5.41, 5.74) is 0.420. The lowest BCUT2D eigenvalue weighted by atomic mass is 10.0. The highest BCUT2D eigenvalue weighted by atomic mass is 19.1. The minimum atomic E-state index is -1.37. The Morgan fingerprint density at radius 2 is 1.91 bits per heavy atom. The summed E-state index contributed by atoms with van der Waals surface area (Å²) in [6.07, 6.45) is 4.68. The zero-order valence-corrected chi connectivity index (χ0v) is 19.9. The van der Waals surface area contributed by atoms with Gasteiger partial charge in [0.2, 0.25) is 5.95 Å². The summed E-state index contributed by atoms with van der Waals surface area (Å²) in [5.74, 6) is 0.372. The van der Waals surface area contributed by atoms with Crippen molar-refractivity contribution in [3.05, 3.63) is 59.3 Å². The Labute approximate surface area is 202 Å². The van der Waals surface area contributed by atoms with Gasteiger partial charge in [0.05, 0.1) is 24.0 Å². The molecule has 35 heavy (non-hydrogen) atoms. The molecule has 0 atom stereocenters. The van der Waals surface area contributed by atoms with E-state index < -0.39 is 11.5 Å². The monoisotopic (exact) mass is 478 g/mol. The largest absolute Gasteiger partial charge is 0.492 e. The number of carbonyl (C=O) groups excluding carboxylic acids is 1. The van der Waals surface area contributed by atoms with Gasteiger partial charge in [-0.15, -0.1) is 0 Å². The number of anilines is 4. The molecule has 4 rings (SSSR count). The number of rotatable bonds is 9. The van der Waals surface area contributed by atoms with Gasteiger partial charge in [0, 0.05) is 41.2 Å². The number of nitrogens with one attached hydrogen (secondary N) is 3. The summed E-state index contributed by atoms with van der Waals surface area (Å²) in [4.78, 5) is 25.5. The molecule has 0 amide bonds. The van der Waals surface area contributed by atoms with Crippen molar-refractivity contribution in [3.8, 4) is 5.75 Å². The van der Waals surface area contributed by atoms with Crippen molar-refractivity contribution in [1.82, 2.24) is 15.0 Å². The van der Waals surface area contributed by atoms with Gasteiger partial charge in [0.1, 0.15) is 11.6 Å². The van der Waals surface area contributed by atoms with Gasteiger partial charge in [0.15, 0.2) is 17.4 Å². The quantitative estimate of drug-likeness (QED) is 0.197. The first-order valence-corrected chi connectivity index (χ1v) is 11.1. The lowest BCUT2D eigenvalue weighted by Gasteiger charge is -2.18. The van der Waals surface area contributed by atoms with Crippen LogP contribution in [0.4, 0.5) is 27.5 Å². The zero-order chi connectivity index (χ0) is 25.3. The third-order valence-corrected chi connectivity index (χ3v) is 5.65. The highest BCUT2D eigenvalue weighted by Crippen LogP contribution is 2.37. The van der Waals surface area contributed by atoms with E-state index in [1.54, 1.807) is 25.3 Å². The maximum atomic E-state index is 14.4. The van der Waals surface area contributed by atoms with Crippen LogP contribution in [0.5, 0.6) is 5.75 Å². The van der Waals surface area contributed by atoms with E-state index in [-0.39, 0.29) is 23.1 Å². The number of halogens is 1. The summed E-state index contributed by atoms with van der Waals surface area (Å²) in [6, 6.07) is 6.29. The first-order valence-electron chi connectivity index (χ1n) is 11.1. The van der Waals surface area contributed by atoms with Gasteiger partial charge in [-0.25, -0.2) is 15.0 Å². The molecule has 0 bridgehead atoms. The highest BCUT2D eigenvalue weighted by Gasteiger charge is 2.32. The van der Waals surface area contributed by atoms with E-state index in [1.165, 1.54) is 39.3 Å². The number of methoxy groups -OCH3 is 1. The van der Waals surface area contributed by atoms with Crippen molar-refractivity contribution in [2.24, 2.45) is 5.92 Å². The minimum Gasteiger partial charge on any atom is -0.492 e. The van der Waals surface area contributed by atoms with Gasteiger partial charge in [-0.2, -0.15) is 4.39 Å². The standard InChI is InChI=1S/C25H27FN6O3/c1-13(27)15-9-10-28-24(22(15)35-4)30-18-11-20(29-12-16(18)21(33)14-5-6-14)31-19-8-7-17(23(26)32-19)25(2,3)34/h7-12,14,27,34H,5-6H2,1-4H3,(H2,28,29,30,31,32). The van der Waals surface area contributed by atoms with Crippen LogP contribution in [0.3, 0.4) is 0 Å². The highest BCUT2D eigenvalue weighted by molar-refractivity contribution is 6.05. The molecule has 0 aliphatic heterocycles. The number of hydrogen-bond donors (Lipinski definition) is 4. The molecular formula is C25H27FN6O3. The number of nitrogens with zero attached hydrogens (tertiary/aromatic N) is 3. The Kier molecular flexibility index (Phi) is 6.49. The molecule has 1 fully saturated rings. The zero-order valence-electron chi connectivity index (χ0n) is 19.9. The Morgan fingerprint density at radius 1 is 1.17 bits per heavy atom. The Balaban J connectivity index is 1.70. The van der Waals surface area contributed by atoms with Crippen molar-refractivity contribution in [2.45, 2.75) is 39.2 Å². The molecule has 1 aliphatic rings. The molecule has 3 heterocycles. The second-order valence-electron chi connectivity index (χ2n) is 8.96. The molecule has 182 valence electrons. The first-order chi connectivity index (χ1) is 16.6. The molecule has 0 saturated heterocycles. The molecule has 1 aliphatic carbocycles. The fourth-order valence-electron chi connectivity index (χ4n) is 3.65. The summed E-state index contributed by atoms with van der Waals surface area (Å²) in [7, 11) is 1.49. The number of pyridine rings is 3. The third kappa shape index (κ3) is 5.27. The number of Topliss-reactive ketones (excluding diaryl/α,β-unsaturated/α-hetero) is 1. The average molecular weight is 479 g/mol. The van der Waals surface area contributed by atoms with Crippen LogP contribution in [-0.4, -0.2) is 38.7 Å². The predicted molar refractivity (Wildman–Crippen MR) is 131 cm³/mol. The lowest BCUT2D eigenvalue weighted by Crippen LogP contribution is -2.18. The Morgan fingerprint density at radius 3 is 2.51 bits per heavy atom. The third-order valence-electron chi connectivity index (χ3n) is 5.65. The van der Waals surface area contributed by atoms with Crippen LogP contribution in [0, 0.1) is 17.3 Å². The number of carbonyl (C=O) groups is 1. The molecule has 0 radical (unpaired) electrons. The lowest BCUT2D eigenvalue weighted by molar-refractivity contribution is 0.0737. The molecule has 0 aromatic carbocycles. The Bertz CT molecular complexity index is 1300. The fourth-order valence-corrected chi connectivity index (χ4v) is 3.65. The second kappa shape index (κ2) is 9.38. The molecule has 1 saturated carbocycles. The molecule has 0 unspecified atom stereocenters. The first kappa shape index (κ1) is 24.2. The van der Waals surface area contributed by atoms with E-state index >= 15 is 0 Å². The summed E-state index contributed by atoms with van der Waals surface area (Å²) >= 11 is 0. The van der Waals surface area contributed by atoms with Crippen molar-refractivity contribution < 1.29 is 19.0 Å². The van der Waals surface area contributed by atoms with Crippen molar-refractivity contribution >= 4 is 34.6 Å². The van der Waals surface area contributed by atoms with E-state index in [4.69, 9.17) is 10.1 Å². The van der Waals surface area contributed by atoms with Gasteiger partial charge in [-0.3, -0.25) is 4.79 Å². The smallest absolute Gasteiger partial charge is 0.220 e. The van der Waals surface area contributed by atoms with Crippen LogP contribution >= 0.6 is 0 Å². The summed E-state index contributed by atoms with van der Waals surface area (Å²) < 4.78 is 19.9. The van der Waals surface area contributed by atoms with Crippen LogP contribution in [0.15, 0.2) is 36.7 Å². The van der Waals surface area contributed by atoms with E-state index in [1.807, 2.05) is 0 Å². The molecular weight excluding hydrogens is 451 g/mol. The van der Waals surface area contributed by atoms with Crippen LogP contribution in [0.2, 0.25) is 0 Å². The maximum absolute atomic E-state index is 14.4. The van der Waals surface area contributed by atoms with Crippen molar-refractivity contribution in [3.63, 3.8) is 0 Å². The number of aromatic nitrogens is 3. The number of ketones is 1. The predicted octanol–water partition coefficient (Wildman–Crippen LogP) is 4.71. The summed E-state index contributed by atoms with van der Waals surface area (Å²) in [5, 5.41) is 24.2. The molecule has 3 aromatic heterocycles. The molecule has 4 N–H and O–H groups in total. The average Bonchev–Trinajstić information content (AvgIpc) is 3.63. The van der Waals surface area contributed by atoms with Crippen molar-refractivity contribution in [1.29, 1.82) is 5.41 Å². The van der Waals surface area contributed by atoms with Gasteiger partial charge < -0.3 is 25.9 Å². The maximum Gasteiger partial charge on any atom is 0.220 e. The Hall–Kier alpha value is -3.92.